The van der Waals surface area contributed by atoms with Crippen LogP contribution in [0.5, 0.6) is 0 Å². The van der Waals surface area contributed by atoms with Gasteiger partial charge >= 0.3 is 5.97 Å². The van der Waals surface area contributed by atoms with Crippen LogP contribution in [0.15, 0.2) is 84.9 Å². The summed E-state index contributed by atoms with van der Waals surface area (Å²) in [6.07, 6.45) is -2.28. The lowest BCUT2D eigenvalue weighted by molar-refractivity contribution is -0.384. The van der Waals surface area contributed by atoms with E-state index in [9.17, 15) is 34.4 Å². The number of esters is 1. The first kappa shape index (κ1) is 30.4. The minimum atomic E-state index is -1.88. The van der Waals surface area contributed by atoms with Crippen molar-refractivity contribution in [3.8, 4) is 0 Å². The summed E-state index contributed by atoms with van der Waals surface area (Å²) in [5, 5.41) is 27.3. The lowest BCUT2D eigenvalue weighted by atomic mass is 9.87. The van der Waals surface area contributed by atoms with Crippen LogP contribution in [-0.4, -0.2) is 52.5 Å². The van der Waals surface area contributed by atoms with E-state index in [2.05, 4.69) is 10.6 Å². The number of hydrogen-bond acceptors (Lipinski definition) is 8. The summed E-state index contributed by atoms with van der Waals surface area (Å²) in [4.78, 5) is 61.7. The number of aliphatic hydroxyl groups is 1. The van der Waals surface area contributed by atoms with Gasteiger partial charge in [-0.05, 0) is 30.2 Å². The van der Waals surface area contributed by atoms with Gasteiger partial charge in [0.1, 0.15) is 6.04 Å². The van der Waals surface area contributed by atoms with Crippen LogP contribution < -0.4 is 16.4 Å². The average molecular weight is 563 g/mol. The Bertz CT molecular complexity index is 1370. The van der Waals surface area contributed by atoms with Gasteiger partial charge in [0.25, 0.3) is 17.5 Å². The van der Waals surface area contributed by atoms with Crippen LogP contribution in [0.2, 0.25) is 0 Å². The fraction of sp³-hybridized carbons (Fsp3) is 0.241. The first-order chi connectivity index (χ1) is 19.6. The van der Waals surface area contributed by atoms with E-state index in [4.69, 9.17) is 10.5 Å². The summed E-state index contributed by atoms with van der Waals surface area (Å²) < 4.78 is 5.01. The number of nitrogens with two attached hydrogens (primary N) is 1. The number of benzene rings is 3. The van der Waals surface area contributed by atoms with Crippen molar-refractivity contribution in [2.75, 3.05) is 6.61 Å². The van der Waals surface area contributed by atoms with E-state index in [0.717, 1.165) is 0 Å². The highest BCUT2D eigenvalue weighted by molar-refractivity contribution is 5.95. The molecule has 0 saturated heterocycles. The van der Waals surface area contributed by atoms with Gasteiger partial charge in [-0.25, -0.2) is 0 Å². The Balaban J connectivity index is 1.91. The normalized spacial score (nSPS) is 13.6. The van der Waals surface area contributed by atoms with Crippen LogP contribution in [0.4, 0.5) is 5.69 Å². The minimum absolute atomic E-state index is 0.0536. The number of rotatable bonds is 13. The van der Waals surface area contributed by atoms with Gasteiger partial charge in [-0.2, -0.15) is 0 Å². The van der Waals surface area contributed by atoms with Crippen molar-refractivity contribution in [3.63, 3.8) is 0 Å². The van der Waals surface area contributed by atoms with Gasteiger partial charge in [0, 0.05) is 23.6 Å². The van der Waals surface area contributed by atoms with Crippen LogP contribution in [-0.2, 0) is 19.1 Å². The molecule has 0 unspecified atom stereocenters. The number of carbonyl (C=O) groups is 4. The molecule has 0 aliphatic heterocycles. The van der Waals surface area contributed by atoms with Crippen molar-refractivity contribution < 1.29 is 33.9 Å². The molecular weight excluding hydrogens is 532 g/mol. The van der Waals surface area contributed by atoms with Crippen molar-refractivity contribution in [2.45, 2.75) is 37.5 Å². The van der Waals surface area contributed by atoms with Crippen LogP contribution in [0.1, 0.15) is 46.8 Å². The standard InChI is InChI=1S/C29H30N4O8/c1-2-41-23(34)17-22(18-13-15-21(16-14-18)33(39)40)25(27(30)36)32-29(38)26(35)24(19-9-5-3-6-10-19)31-28(37)20-11-7-4-8-12-20/h3-16,22,24-26,35H,2,17H2,1H3,(H2,30,36)(H,31,37)(H,32,38)/t22-,24+,25+,26-/m1/s1. The lowest BCUT2D eigenvalue weighted by Crippen LogP contribution is -2.54. The zero-order chi connectivity index (χ0) is 29.9. The highest BCUT2D eigenvalue weighted by atomic mass is 16.6. The average Bonchev–Trinajstić information content (AvgIpc) is 2.98. The van der Waals surface area contributed by atoms with E-state index >= 15 is 0 Å². The molecule has 0 aliphatic carbocycles. The first-order valence-corrected chi connectivity index (χ1v) is 12.7. The van der Waals surface area contributed by atoms with E-state index in [-0.39, 0.29) is 12.3 Å². The number of carbonyl (C=O) groups excluding carboxylic acids is 4. The summed E-state index contributed by atoms with van der Waals surface area (Å²) in [6.45, 7) is 1.65. The number of nitrogens with one attached hydrogen (secondary N) is 2. The molecule has 0 saturated carbocycles. The number of nitro benzene ring substituents is 1. The summed E-state index contributed by atoms with van der Waals surface area (Å²) in [5.41, 5.74) is 6.40. The molecule has 3 rings (SSSR count). The molecule has 3 amide bonds. The molecule has 0 radical (unpaired) electrons. The smallest absolute Gasteiger partial charge is 0.306 e. The van der Waals surface area contributed by atoms with Crippen molar-refractivity contribution in [1.82, 2.24) is 10.6 Å². The number of hydrogen-bond donors (Lipinski definition) is 4. The van der Waals surface area contributed by atoms with E-state index in [0.29, 0.717) is 16.7 Å². The van der Waals surface area contributed by atoms with E-state index in [1.165, 1.54) is 24.3 Å². The van der Waals surface area contributed by atoms with Crippen molar-refractivity contribution in [2.24, 2.45) is 5.73 Å². The van der Waals surface area contributed by atoms with E-state index < -0.39 is 59.1 Å². The summed E-state index contributed by atoms with van der Waals surface area (Å²) in [7, 11) is 0. The molecular formula is C29H30N4O8. The largest absolute Gasteiger partial charge is 0.466 e. The molecule has 12 heteroatoms. The fourth-order valence-corrected chi connectivity index (χ4v) is 4.25. The van der Waals surface area contributed by atoms with Crippen LogP contribution in [0.3, 0.4) is 0 Å². The van der Waals surface area contributed by atoms with Gasteiger partial charge in [0.15, 0.2) is 6.10 Å². The number of amides is 3. The second kappa shape index (κ2) is 14.3. The van der Waals surface area contributed by atoms with Gasteiger partial charge < -0.3 is 26.2 Å². The lowest BCUT2D eigenvalue weighted by Gasteiger charge is -2.29. The van der Waals surface area contributed by atoms with Crippen molar-refractivity contribution >= 4 is 29.4 Å². The molecule has 214 valence electrons. The Kier molecular flexibility index (Phi) is 10.6. The molecule has 5 N–H and O–H groups in total. The van der Waals surface area contributed by atoms with E-state index in [1.807, 2.05) is 0 Å². The van der Waals surface area contributed by atoms with Crippen molar-refractivity contribution in [3.05, 3.63) is 112 Å². The van der Waals surface area contributed by atoms with Gasteiger partial charge in [-0.3, -0.25) is 29.3 Å². The Labute approximate surface area is 235 Å². The second-order valence-electron chi connectivity index (χ2n) is 9.03. The predicted octanol–water partition coefficient (Wildman–Crippen LogP) is 2.13. The zero-order valence-corrected chi connectivity index (χ0v) is 22.1. The number of ether oxygens (including phenoxy) is 1. The maximum absolute atomic E-state index is 13.4. The van der Waals surface area contributed by atoms with E-state index in [1.54, 1.807) is 67.6 Å². The third-order valence-electron chi connectivity index (χ3n) is 6.30. The number of aliphatic hydroxyl groups excluding tert-OH is 1. The molecule has 0 spiro atoms. The molecule has 4 atom stereocenters. The monoisotopic (exact) mass is 562 g/mol. The topological polar surface area (TPSA) is 191 Å². The Morgan fingerprint density at radius 2 is 1.49 bits per heavy atom. The van der Waals surface area contributed by atoms with Crippen LogP contribution in [0.25, 0.3) is 0 Å². The van der Waals surface area contributed by atoms with Gasteiger partial charge in [-0.15, -0.1) is 0 Å². The summed E-state index contributed by atoms with van der Waals surface area (Å²) in [5.74, 6) is -4.41. The number of primary amides is 1. The van der Waals surface area contributed by atoms with Crippen molar-refractivity contribution in [1.29, 1.82) is 0 Å². The molecule has 0 fully saturated rings. The molecule has 0 heterocycles. The van der Waals surface area contributed by atoms with Gasteiger partial charge in [0.05, 0.1) is 24.0 Å². The predicted molar refractivity (Wildman–Crippen MR) is 147 cm³/mol. The SMILES string of the molecule is CCOC(=O)C[C@H](c1ccc([N+](=O)[O-])cc1)[C@H](NC(=O)[C@H](O)[C@@H](NC(=O)c1ccccc1)c1ccccc1)C(N)=O. The summed E-state index contributed by atoms with van der Waals surface area (Å²) in [6, 6.07) is 18.8. The number of nitro groups is 1. The maximum atomic E-state index is 13.4. The third kappa shape index (κ3) is 8.19. The minimum Gasteiger partial charge on any atom is -0.466 e. The quantitative estimate of drug-likeness (QED) is 0.138. The first-order valence-electron chi connectivity index (χ1n) is 12.7. The zero-order valence-electron chi connectivity index (χ0n) is 22.1. The van der Waals surface area contributed by atoms with Crippen LogP contribution >= 0.6 is 0 Å². The molecule has 41 heavy (non-hydrogen) atoms. The molecule has 0 aromatic heterocycles. The Hall–Kier alpha value is -5.10. The van der Waals surface area contributed by atoms with Crippen LogP contribution in [0, 0.1) is 10.1 Å². The van der Waals surface area contributed by atoms with Gasteiger partial charge in [0.2, 0.25) is 5.91 Å². The highest BCUT2D eigenvalue weighted by Crippen LogP contribution is 2.27. The van der Waals surface area contributed by atoms with Gasteiger partial charge in [-0.1, -0.05) is 60.7 Å². The second-order valence-corrected chi connectivity index (χ2v) is 9.03. The number of nitrogens with zero attached hydrogens (tertiary/aromatic N) is 1. The maximum Gasteiger partial charge on any atom is 0.306 e. The number of non-ortho nitro benzene ring substituents is 1. The highest BCUT2D eigenvalue weighted by Gasteiger charge is 2.36. The third-order valence-corrected chi connectivity index (χ3v) is 6.30. The molecule has 3 aromatic rings. The molecule has 0 bridgehead atoms. The molecule has 0 aliphatic rings. The Morgan fingerprint density at radius 3 is 2.02 bits per heavy atom. The summed E-state index contributed by atoms with van der Waals surface area (Å²) >= 11 is 0. The fourth-order valence-electron chi connectivity index (χ4n) is 4.25. The molecule has 12 nitrogen and oxygen atoms in total. The molecule has 3 aromatic carbocycles. The Morgan fingerprint density at radius 1 is 0.902 bits per heavy atom.